The Labute approximate surface area is 194 Å². The molecule has 0 N–H and O–H groups in total. The van der Waals surface area contributed by atoms with Gasteiger partial charge >= 0.3 is 0 Å². The second-order valence-corrected chi connectivity index (χ2v) is 12.2. The Balaban J connectivity index is 2.08. The first-order valence-electron chi connectivity index (χ1n) is 10.8. The van der Waals surface area contributed by atoms with Gasteiger partial charge in [-0.1, -0.05) is 58.0 Å². The van der Waals surface area contributed by atoms with Crippen LogP contribution in [0.1, 0.15) is 33.3 Å². The van der Waals surface area contributed by atoms with Crippen LogP contribution in [0.25, 0.3) is 0 Å². The predicted octanol–water partition coefficient (Wildman–Crippen LogP) is 7.02. The Morgan fingerprint density at radius 1 is 1.03 bits per heavy atom. The molecule has 31 heavy (non-hydrogen) atoms. The van der Waals surface area contributed by atoms with E-state index in [0.29, 0.717) is 0 Å². The van der Waals surface area contributed by atoms with Crippen LogP contribution < -0.4 is 4.90 Å². The zero-order valence-corrected chi connectivity index (χ0v) is 21.7. The molecule has 0 amide bonds. The Bertz CT molecular complexity index is 1120. The number of allylic oxidation sites excluding steroid dienone is 2. The van der Waals surface area contributed by atoms with Gasteiger partial charge in [0, 0.05) is 48.5 Å². The van der Waals surface area contributed by atoms with Gasteiger partial charge in [-0.25, -0.2) is 14.2 Å². The van der Waals surface area contributed by atoms with Gasteiger partial charge in [0.25, 0.3) is 0 Å². The molecule has 0 fully saturated rings. The van der Waals surface area contributed by atoms with E-state index >= 15 is 0 Å². The summed E-state index contributed by atoms with van der Waals surface area (Å²) in [5.41, 5.74) is 4.73. The first-order chi connectivity index (χ1) is 14.8. The molecule has 0 saturated carbocycles. The lowest BCUT2D eigenvalue weighted by Gasteiger charge is -2.39. The van der Waals surface area contributed by atoms with E-state index in [1.807, 2.05) is 12.1 Å². The van der Waals surface area contributed by atoms with Crippen molar-refractivity contribution < 1.29 is 0 Å². The number of hydrogen-bond donors (Lipinski definition) is 0. The van der Waals surface area contributed by atoms with Crippen molar-refractivity contribution in [2.24, 2.45) is 9.85 Å². The fraction of sp³-hybridized carbons (Fsp3) is 0.375. The van der Waals surface area contributed by atoms with Crippen molar-refractivity contribution >= 4 is 40.9 Å². The number of fused-ring (bicyclic) bond motifs is 1. The summed E-state index contributed by atoms with van der Waals surface area (Å²) in [4.78, 5) is 2.35. The third-order valence-corrected chi connectivity index (χ3v) is 10.8. The molecular formula is C24H31BrN5P. The topological polar surface area (TPSA) is 34.4 Å². The number of benzene rings is 2. The minimum absolute atomic E-state index is 0.139. The molecule has 2 aliphatic heterocycles. The number of hydrogen-bond acceptors (Lipinski definition) is 3. The molecule has 2 aromatic carbocycles. The van der Waals surface area contributed by atoms with Gasteiger partial charge in [-0.3, -0.25) is 0 Å². The number of nitrogens with zero attached hydrogens (tertiary/aromatic N) is 5. The van der Waals surface area contributed by atoms with Crippen molar-refractivity contribution in [1.29, 1.82) is 0 Å². The Morgan fingerprint density at radius 2 is 1.68 bits per heavy atom. The van der Waals surface area contributed by atoms with Crippen LogP contribution in [0.4, 0.5) is 11.4 Å². The number of likely N-dealkylation sites (N-methyl/N-ethyl adjacent to an activating group) is 1. The Kier molecular flexibility index (Phi) is 5.93. The summed E-state index contributed by atoms with van der Waals surface area (Å²) in [6.45, 7) is 10.9. The van der Waals surface area contributed by atoms with Gasteiger partial charge in [0.2, 0.25) is 0 Å². The number of rotatable bonds is 4. The fourth-order valence-electron chi connectivity index (χ4n) is 4.92. The van der Waals surface area contributed by atoms with Gasteiger partial charge in [0.1, 0.15) is 0 Å². The average Bonchev–Trinajstić information content (AvgIpc) is 3.16. The van der Waals surface area contributed by atoms with Crippen molar-refractivity contribution in [3.63, 3.8) is 0 Å². The maximum Gasteiger partial charge on any atom is 0.174 e. The molecule has 2 aliphatic rings. The zero-order valence-electron chi connectivity index (χ0n) is 19.2. The van der Waals surface area contributed by atoms with Crippen molar-refractivity contribution in [1.82, 2.24) is 9.45 Å². The predicted molar refractivity (Wildman–Crippen MR) is 137 cm³/mol. The second kappa shape index (κ2) is 8.23. The molecule has 4 rings (SSSR count). The molecule has 7 heteroatoms. The van der Waals surface area contributed by atoms with Crippen LogP contribution in [-0.4, -0.2) is 42.8 Å². The highest BCUT2D eigenvalue weighted by Crippen LogP contribution is 2.69. The quantitative estimate of drug-likeness (QED) is 0.423. The maximum atomic E-state index is 5.51. The lowest BCUT2D eigenvalue weighted by molar-refractivity contribution is 0.452. The SMILES string of the molecule is CCN(CC)P1(=Nc2ccccc2Br)/C(=C2\N(C)c3ccccc3C2(C)C)C=NN1C. The van der Waals surface area contributed by atoms with Crippen LogP contribution in [0.2, 0.25) is 0 Å². The molecule has 0 aliphatic carbocycles. The summed E-state index contributed by atoms with van der Waals surface area (Å²) in [6, 6.07) is 16.9. The van der Waals surface area contributed by atoms with Crippen LogP contribution in [0.5, 0.6) is 0 Å². The molecule has 0 bridgehead atoms. The number of hydrazone groups is 1. The summed E-state index contributed by atoms with van der Waals surface area (Å²) in [6.07, 6.45) is 2.06. The van der Waals surface area contributed by atoms with Crippen LogP contribution >= 0.6 is 23.3 Å². The summed E-state index contributed by atoms with van der Waals surface area (Å²) in [5.74, 6) is 0. The highest BCUT2D eigenvalue weighted by atomic mass is 79.9. The van der Waals surface area contributed by atoms with Gasteiger partial charge in [-0.15, -0.1) is 0 Å². The summed E-state index contributed by atoms with van der Waals surface area (Å²) in [5, 5.41) is 6.08. The lowest BCUT2D eigenvalue weighted by Crippen LogP contribution is -2.30. The van der Waals surface area contributed by atoms with E-state index < -0.39 is 7.36 Å². The molecular weight excluding hydrogens is 469 g/mol. The molecule has 0 saturated heterocycles. The van der Waals surface area contributed by atoms with Gasteiger partial charge in [0.15, 0.2) is 7.36 Å². The first kappa shape index (κ1) is 22.3. The third-order valence-electron chi connectivity index (χ3n) is 6.41. The van der Waals surface area contributed by atoms with Gasteiger partial charge in [-0.05, 0) is 39.7 Å². The van der Waals surface area contributed by atoms with E-state index in [2.05, 4.69) is 115 Å². The third kappa shape index (κ3) is 3.31. The number of halogens is 1. The standard InChI is InChI=1S/C24H31BrN5P/c1-7-30(8-2)31(27-20-15-11-10-14-19(20)25)22(17-26-29(31)6)23-24(3,4)18-13-9-12-16-21(18)28(23)5/h9-17H,7-8H2,1-6H3/b23-22-. The largest absolute Gasteiger partial charge is 0.346 e. The van der Waals surface area contributed by atoms with E-state index in [1.54, 1.807) is 0 Å². The summed E-state index contributed by atoms with van der Waals surface area (Å²) >= 11 is 3.72. The monoisotopic (exact) mass is 499 g/mol. The van der Waals surface area contributed by atoms with E-state index in [4.69, 9.17) is 9.85 Å². The lowest BCUT2D eigenvalue weighted by atomic mass is 9.84. The minimum Gasteiger partial charge on any atom is -0.346 e. The van der Waals surface area contributed by atoms with Crippen LogP contribution in [0, 0.1) is 0 Å². The fourth-order valence-corrected chi connectivity index (χ4v) is 9.16. The maximum absolute atomic E-state index is 5.51. The molecule has 1 unspecified atom stereocenters. The second-order valence-electron chi connectivity index (χ2n) is 8.43. The van der Waals surface area contributed by atoms with Crippen molar-refractivity contribution in [3.05, 3.63) is 69.6 Å². The Morgan fingerprint density at radius 3 is 2.32 bits per heavy atom. The van der Waals surface area contributed by atoms with Crippen LogP contribution in [0.3, 0.4) is 0 Å². The first-order valence-corrected chi connectivity index (χ1v) is 13.2. The molecule has 0 aromatic heterocycles. The molecule has 1 atom stereocenters. The molecule has 2 aromatic rings. The summed E-state index contributed by atoms with van der Waals surface area (Å²) < 4.78 is 11.1. The highest BCUT2D eigenvalue weighted by Gasteiger charge is 2.47. The normalized spacial score (nSPS) is 24.3. The van der Waals surface area contributed by atoms with E-state index in [9.17, 15) is 0 Å². The van der Waals surface area contributed by atoms with Gasteiger partial charge in [-0.2, -0.15) is 5.10 Å². The van der Waals surface area contributed by atoms with Gasteiger partial charge in [0.05, 0.1) is 17.2 Å². The van der Waals surface area contributed by atoms with Crippen molar-refractivity contribution in [2.75, 3.05) is 32.1 Å². The smallest absolute Gasteiger partial charge is 0.174 e. The molecule has 5 nitrogen and oxygen atoms in total. The van der Waals surface area contributed by atoms with Crippen molar-refractivity contribution in [3.8, 4) is 0 Å². The van der Waals surface area contributed by atoms with Crippen LogP contribution in [-0.2, 0) is 5.41 Å². The molecule has 0 radical (unpaired) electrons. The van der Waals surface area contributed by atoms with Gasteiger partial charge < -0.3 is 4.90 Å². The molecule has 164 valence electrons. The highest BCUT2D eigenvalue weighted by molar-refractivity contribution is 9.10. The van der Waals surface area contributed by atoms with E-state index in [0.717, 1.165) is 23.2 Å². The molecule has 0 spiro atoms. The van der Waals surface area contributed by atoms with E-state index in [-0.39, 0.29) is 5.41 Å². The molecule has 2 heterocycles. The number of para-hydroxylation sites is 1. The Hall–Kier alpha value is -1.88. The minimum atomic E-state index is -2.32. The number of anilines is 1. The van der Waals surface area contributed by atoms with Crippen molar-refractivity contribution in [2.45, 2.75) is 33.1 Å². The summed E-state index contributed by atoms with van der Waals surface area (Å²) in [7, 11) is 1.93. The van der Waals surface area contributed by atoms with E-state index in [1.165, 1.54) is 22.3 Å². The zero-order chi connectivity index (χ0) is 22.4. The average molecular weight is 500 g/mol. The van der Waals surface area contributed by atoms with Crippen LogP contribution in [0.15, 0.2) is 73.9 Å².